The quantitative estimate of drug-likeness (QED) is 0.595. The molecule has 7 heteroatoms. The lowest BCUT2D eigenvalue weighted by Gasteiger charge is -2.13. The van der Waals surface area contributed by atoms with E-state index in [0.717, 1.165) is 45.2 Å². The first-order chi connectivity index (χ1) is 13.6. The van der Waals surface area contributed by atoms with Crippen LogP contribution in [0.2, 0.25) is 0 Å². The fraction of sp³-hybridized carbons (Fsp3) is 0.333. The van der Waals surface area contributed by atoms with Gasteiger partial charge in [0.15, 0.2) is 5.16 Å². The molecule has 0 unspecified atom stereocenters. The Balaban J connectivity index is 1.37. The van der Waals surface area contributed by atoms with Crippen LogP contribution in [0, 0.1) is 0 Å². The molecular weight excluding hydrogens is 374 g/mol. The van der Waals surface area contributed by atoms with Crippen LogP contribution in [0.3, 0.4) is 0 Å². The van der Waals surface area contributed by atoms with Crippen molar-refractivity contribution in [2.45, 2.75) is 38.1 Å². The Kier molecular flexibility index (Phi) is 5.43. The molecule has 1 atom stereocenters. The lowest BCUT2D eigenvalue weighted by Crippen LogP contribution is -2.25. The molecule has 2 N–H and O–H groups in total. The van der Waals surface area contributed by atoms with Crippen molar-refractivity contribution in [2.24, 2.45) is 0 Å². The highest BCUT2D eigenvalue weighted by atomic mass is 32.2. The van der Waals surface area contributed by atoms with Crippen LogP contribution in [-0.2, 0) is 17.8 Å². The number of aromatic amines is 1. The number of imidazole rings is 1. The lowest BCUT2D eigenvalue weighted by atomic mass is 10.1. The molecule has 0 saturated carbocycles. The Hall–Kier alpha value is -2.67. The number of hydrogen-bond donors (Lipinski definition) is 2. The fourth-order valence-electron chi connectivity index (χ4n) is 3.29. The minimum absolute atomic E-state index is 0.0531. The highest BCUT2D eigenvalue weighted by Gasteiger charge is 2.22. The number of rotatable bonds is 7. The van der Waals surface area contributed by atoms with Gasteiger partial charge in [0.2, 0.25) is 5.91 Å². The summed E-state index contributed by atoms with van der Waals surface area (Å²) in [6.07, 6.45) is 1.06. The van der Waals surface area contributed by atoms with E-state index in [0.29, 0.717) is 18.9 Å². The van der Waals surface area contributed by atoms with E-state index in [9.17, 15) is 4.79 Å². The number of para-hydroxylation sites is 2. The zero-order valence-electron chi connectivity index (χ0n) is 16.0. The Bertz CT molecular complexity index is 969. The third kappa shape index (κ3) is 4.09. The summed E-state index contributed by atoms with van der Waals surface area (Å²) in [4.78, 5) is 20.0. The highest BCUT2D eigenvalue weighted by molar-refractivity contribution is 7.99. The third-order valence-corrected chi connectivity index (χ3v) is 5.44. The summed E-state index contributed by atoms with van der Waals surface area (Å²) in [5.74, 6) is 1.94. The molecule has 0 fully saturated rings. The van der Waals surface area contributed by atoms with Gasteiger partial charge in [0, 0.05) is 24.1 Å². The van der Waals surface area contributed by atoms with Crippen LogP contribution in [0.25, 0.3) is 11.0 Å². The van der Waals surface area contributed by atoms with Crippen LogP contribution in [0.4, 0.5) is 0 Å². The second-order valence-electron chi connectivity index (χ2n) is 6.76. The third-order valence-electron chi connectivity index (χ3n) is 4.56. The second-order valence-corrected chi connectivity index (χ2v) is 7.72. The lowest BCUT2D eigenvalue weighted by molar-refractivity contribution is -0.118. The van der Waals surface area contributed by atoms with Crippen LogP contribution in [-0.4, -0.2) is 34.3 Å². The fourth-order valence-corrected chi connectivity index (χ4v) is 4.00. The highest BCUT2D eigenvalue weighted by Crippen LogP contribution is 2.35. The van der Waals surface area contributed by atoms with Crippen molar-refractivity contribution in [3.63, 3.8) is 0 Å². The van der Waals surface area contributed by atoms with Crippen molar-refractivity contribution in [3.05, 3.63) is 47.5 Å². The number of hydrogen-bond acceptors (Lipinski definition) is 5. The van der Waals surface area contributed by atoms with Crippen molar-refractivity contribution >= 4 is 28.7 Å². The van der Waals surface area contributed by atoms with Crippen molar-refractivity contribution in [1.29, 1.82) is 0 Å². The van der Waals surface area contributed by atoms with E-state index in [1.165, 1.54) is 11.8 Å². The minimum Gasteiger partial charge on any atom is -0.494 e. The average Bonchev–Trinajstić information content (AvgIpc) is 3.26. The first kappa shape index (κ1) is 18.7. The summed E-state index contributed by atoms with van der Waals surface area (Å²) in [6, 6.07) is 11.8. The van der Waals surface area contributed by atoms with E-state index in [4.69, 9.17) is 9.47 Å². The molecule has 1 aromatic heterocycles. The standard InChI is InChI=1S/C21H23N3O3S/c1-3-26-18-9-14-8-13(2)27-19(14)10-15(18)11-22-20(25)12-28-21-23-16-6-4-5-7-17(16)24-21/h4-7,9-10,13H,3,8,11-12H2,1-2H3,(H,22,25)(H,23,24)/t13-/m1/s1. The number of nitrogens with one attached hydrogen (secondary N) is 2. The van der Waals surface area contributed by atoms with Crippen LogP contribution < -0.4 is 14.8 Å². The number of aromatic nitrogens is 2. The molecule has 0 aliphatic carbocycles. The smallest absolute Gasteiger partial charge is 0.230 e. The average molecular weight is 398 g/mol. The zero-order valence-corrected chi connectivity index (χ0v) is 16.8. The molecule has 146 valence electrons. The Morgan fingerprint density at radius 1 is 1.39 bits per heavy atom. The number of ether oxygens (including phenoxy) is 2. The van der Waals surface area contributed by atoms with E-state index in [1.54, 1.807) is 0 Å². The maximum absolute atomic E-state index is 12.3. The number of amides is 1. The van der Waals surface area contributed by atoms with E-state index < -0.39 is 0 Å². The second kappa shape index (κ2) is 8.14. The van der Waals surface area contributed by atoms with Crippen molar-refractivity contribution < 1.29 is 14.3 Å². The monoisotopic (exact) mass is 397 g/mol. The first-order valence-electron chi connectivity index (χ1n) is 9.42. The predicted molar refractivity (Wildman–Crippen MR) is 110 cm³/mol. The molecule has 6 nitrogen and oxygen atoms in total. The van der Waals surface area contributed by atoms with Gasteiger partial charge in [-0.2, -0.15) is 0 Å². The molecule has 2 aromatic carbocycles. The topological polar surface area (TPSA) is 76.2 Å². The molecule has 0 saturated heterocycles. The molecule has 4 rings (SSSR count). The van der Waals surface area contributed by atoms with Crippen molar-refractivity contribution in [3.8, 4) is 11.5 Å². The van der Waals surface area contributed by atoms with Gasteiger partial charge in [-0.05, 0) is 38.1 Å². The van der Waals surface area contributed by atoms with E-state index in [1.807, 2.05) is 43.3 Å². The van der Waals surface area contributed by atoms with Gasteiger partial charge in [-0.1, -0.05) is 23.9 Å². The normalized spacial score (nSPS) is 15.3. The summed E-state index contributed by atoms with van der Waals surface area (Å²) in [5.41, 5.74) is 3.96. The number of fused-ring (bicyclic) bond motifs is 2. The van der Waals surface area contributed by atoms with Gasteiger partial charge in [-0.25, -0.2) is 4.98 Å². The number of carbonyl (C=O) groups is 1. The summed E-state index contributed by atoms with van der Waals surface area (Å²) >= 11 is 1.39. The zero-order chi connectivity index (χ0) is 19.5. The Labute approximate surface area is 168 Å². The number of nitrogens with zero attached hydrogens (tertiary/aromatic N) is 1. The minimum atomic E-state index is -0.0531. The molecular formula is C21H23N3O3S. The Morgan fingerprint density at radius 2 is 2.25 bits per heavy atom. The Morgan fingerprint density at radius 3 is 3.07 bits per heavy atom. The molecule has 0 spiro atoms. The number of carbonyl (C=O) groups excluding carboxylic acids is 1. The molecule has 1 amide bonds. The molecule has 28 heavy (non-hydrogen) atoms. The summed E-state index contributed by atoms with van der Waals surface area (Å²) < 4.78 is 11.6. The number of benzene rings is 2. The van der Waals surface area contributed by atoms with Gasteiger partial charge in [-0.3, -0.25) is 4.79 Å². The number of H-pyrrole nitrogens is 1. The molecule has 2 heterocycles. The van der Waals surface area contributed by atoms with E-state index >= 15 is 0 Å². The van der Waals surface area contributed by atoms with Gasteiger partial charge >= 0.3 is 0 Å². The van der Waals surface area contributed by atoms with Crippen molar-refractivity contribution in [1.82, 2.24) is 15.3 Å². The maximum Gasteiger partial charge on any atom is 0.230 e. The van der Waals surface area contributed by atoms with E-state index in [2.05, 4.69) is 22.2 Å². The van der Waals surface area contributed by atoms with Gasteiger partial charge in [-0.15, -0.1) is 0 Å². The largest absolute Gasteiger partial charge is 0.494 e. The summed E-state index contributed by atoms with van der Waals surface area (Å²) in [6.45, 7) is 4.99. The van der Waals surface area contributed by atoms with Crippen LogP contribution in [0.15, 0.2) is 41.6 Å². The summed E-state index contributed by atoms with van der Waals surface area (Å²) in [7, 11) is 0. The molecule has 0 radical (unpaired) electrons. The summed E-state index contributed by atoms with van der Waals surface area (Å²) in [5, 5.41) is 3.71. The van der Waals surface area contributed by atoms with Gasteiger partial charge in [0.1, 0.15) is 17.6 Å². The van der Waals surface area contributed by atoms with Crippen LogP contribution >= 0.6 is 11.8 Å². The predicted octanol–water partition coefficient (Wildman–Crippen LogP) is 3.69. The van der Waals surface area contributed by atoms with Crippen molar-refractivity contribution in [2.75, 3.05) is 12.4 Å². The molecule has 0 bridgehead atoms. The van der Waals surface area contributed by atoms with Gasteiger partial charge in [0.25, 0.3) is 0 Å². The molecule has 3 aromatic rings. The molecule has 1 aliphatic rings. The molecule has 1 aliphatic heterocycles. The maximum atomic E-state index is 12.3. The van der Waals surface area contributed by atoms with Gasteiger partial charge in [0.05, 0.1) is 23.4 Å². The number of thioether (sulfide) groups is 1. The first-order valence-corrected chi connectivity index (χ1v) is 10.4. The van der Waals surface area contributed by atoms with Crippen LogP contribution in [0.1, 0.15) is 25.0 Å². The SMILES string of the molecule is CCOc1cc2c(cc1CNC(=O)CSc1nc3ccccc3[nH]1)O[C@H](C)C2. The van der Waals surface area contributed by atoms with E-state index in [-0.39, 0.29) is 12.0 Å². The van der Waals surface area contributed by atoms with Gasteiger partial charge < -0.3 is 19.8 Å². The van der Waals surface area contributed by atoms with Crippen LogP contribution in [0.5, 0.6) is 11.5 Å².